The van der Waals surface area contributed by atoms with Gasteiger partial charge in [-0.25, -0.2) is 4.39 Å². The molecule has 130 valence electrons. The summed E-state index contributed by atoms with van der Waals surface area (Å²) < 4.78 is 29.2. The van der Waals surface area contributed by atoms with Gasteiger partial charge in [0.05, 0.1) is 26.5 Å². The number of hydrogen-bond acceptors (Lipinski definition) is 6. The number of methoxy groups -OCH3 is 2. The van der Waals surface area contributed by atoms with Gasteiger partial charge in [0.2, 0.25) is 11.7 Å². The smallest absolute Gasteiger partial charge is 0.246 e. The maximum absolute atomic E-state index is 13.9. The standard InChI is InChI=1S/C17H15ClFN3O3/c1-23-14-8-15(24-2)13(7-12(14)19)20-9-16-21-17(22-25-16)10-3-5-11(18)6-4-10/h3-8,20H,9H2,1-2H3. The van der Waals surface area contributed by atoms with Gasteiger partial charge in [-0.15, -0.1) is 0 Å². The molecule has 0 saturated carbocycles. The molecule has 0 aliphatic heterocycles. The molecule has 0 aliphatic carbocycles. The number of ether oxygens (including phenoxy) is 2. The fourth-order valence-electron chi connectivity index (χ4n) is 2.21. The van der Waals surface area contributed by atoms with E-state index < -0.39 is 5.82 Å². The topological polar surface area (TPSA) is 69.4 Å². The van der Waals surface area contributed by atoms with E-state index in [1.54, 1.807) is 24.3 Å². The Kier molecular flexibility index (Phi) is 5.04. The molecule has 0 bridgehead atoms. The average molecular weight is 364 g/mol. The summed E-state index contributed by atoms with van der Waals surface area (Å²) in [5, 5.41) is 7.56. The fraction of sp³-hybridized carbons (Fsp3) is 0.176. The van der Waals surface area contributed by atoms with Gasteiger partial charge < -0.3 is 19.3 Å². The molecular weight excluding hydrogens is 349 g/mol. The van der Waals surface area contributed by atoms with E-state index in [-0.39, 0.29) is 12.3 Å². The molecule has 0 atom stereocenters. The molecule has 1 aromatic heterocycles. The van der Waals surface area contributed by atoms with Crippen LogP contribution >= 0.6 is 11.6 Å². The predicted octanol–water partition coefficient (Wildman–Crippen LogP) is 4.16. The Bertz CT molecular complexity index is 868. The van der Waals surface area contributed by atoms with Crippen LogP contribution in [-0.4, -0.2) is 24.4 Å². The van der Waals surface area contributed by atoms with Gasteiger partial charge in [0, 0.05) is 22.7 Å². The first-order valence-electron chi connectivity index (χ1n) is 7.34. The largest absolute Gasteiger partial charge is 0.494 e. The zero-order valence-electron chi connectivity index (χ0n) is 13.5. The zero-order chi connectivity index (χ0) is 17.8. The molecule has 1 N–H and O–H groups in total. The third-order valence-electron chi connectivity index (χ3n) is 3.47. The Labute approximate surface area is 148 Å². The van der Waals surface area contributed by atoms with Crippen molar-refractivity contribution < 1.29 is 18.4 Å². The summed E-state index contributed by atoms with van der Waals surface area (Å²) in [6.07, 6.45) is 0. The summed E-state index contributed by atoms with van der Waals surface area (Å²) in [4.78, 5) is 4.29. The van der Waals surface area contributed by atoms with Gasteiger partial charge in [-0.1, -0.05) is 16.8 Å². The van der Waals surface area contributed by atoms with Crippen LogP contribution in [0.5, 0.6) is 11.5 Å². The number of aromatic nitrogens is 2. The van der Waals surface area contributed by atoms with Crippen LogP contribution in [0.4, 0.5) is 10.1 Å². The van der Waals surface area contributed by atoms with Crippen molar-refractivity contribution in [2.24, 2.45) is 0 Å². The van der Waals surface area contributed by atoms with Crippen LogP contribution in [0, 0.1) is 5.82 Å². The summed E-state index contributed by atoms with van der Waals surface area (Å²) in [6.45, 7) is 0.211. The van der Waals surface area contributed by atoms with Crippen molar-refractivity contribution in [3.8, 4) is 22.9 Å². The van der Waals surface area contributed by atoms with Crippen molar-refractivity contribution in [1.82, 2.24) is 10.1 Å². The lowest BCUT2D eigenvalue weighted by Crippen LogP contribution is -2.03. The molecule has 3 rings (SSSR count). The highest BCUT2D eigenvalue weighted by molar-refractivity contribution is 6.30. The van der Waals surface area contributed by atoms with E-state index in [1.807, 2.05) is 0 Å². The fourth-order valence-corrected chi connectivity index (χ4v) is 2.34. The molecule has 0 aliphatic rings. The maximum atomic E-state index is 13.9. The molecule has 8 heteroatoms. The molecule has 2 aromatic carbocycles. The van der Waals surface area contributed by atoms with Crippen LogP contribution < -0.4 is 14.8 Å². The Morgan fingerprint density at radius 2 is 1.84 bits per heavy atom. The Hall–Kier alpha value is -2.80. The first-order chi connectivity index (χ1) is 12.1. The van der Waals surface area contributed by atoms with Crippen molar-refractivity contribution in [3.63, 3.8) is 0 Å². The van der Waals surface area contributed by atoms with E-state index in [9.17, 15) is 4.39 Å². The van der Waals surface area contributed by atoms with E-state index in [2.05, 4.69) is 15.5 Å². The van der Waals surface area contributed by atoms with Crippen molar-refractivity contribution in [1.29, 1.82) is 0 Å². The first kappa shape index (κ1) is 17.0. The van der Waals surface area contributed by atoms with Crippen molar-refractivity contribution >= 4 is 17.3 Å². The second-order valence-electron chi connectivity index (χ2n) is 5.06. The van der Waals surface area contributed by atoms with Crippen LogP contribution in [0.1, 0.15) is 5.89 Å². The number of hydrogen-bond donors (Lipinski definition) is 1. The molecule has 0 saturated heterocycles. The highest BCUT2D eigenvalue weighted by atomic mass is 35.5. The van der Waals surface area contributed by atoms with Crippen LogP contribution in [0.15, 0.2) is 40.9 Å². The van der Waals surface area contributed by atoms with Gasteiger partial charge in [-0.3, -0.25) is 0 Å². The number of nitrogens with one attached hydrogen (secondary N) is 1. The van der Waals surface area contributed by atoms with Crippen molar-refractivity contribution in [3.05, 3.63) is 53.1 Å². The summed E-state index contributed by atoms with van der Waals surface area (Å²) in [5.41, 5.74) is 1.24. The Morgan fingerprint density at radius 1 is 1.12 bits per heavy atom. The summed E-state index contributed by atoms with van der Waals surface area (Å²) >= 11 is 5.86. The number of benzene rings is 2. The van der Waals surface area contributed by atoms with Gasteiger partial charge in [0.25, 0.3) is 0 Å². The van der Waals surface area contributed by atoms with E-state index in [4.69, 9.17) is 25.6 Å². The molecule has 0 radical (unpaired) electrons. The minimum absolute atomic E-state index is 0.102. The third kappa shape index (κ3) is 3.83. The van der Waals surface area contributed by atoms with Gasteiger partial charge in [-0.05, 0) is 24.3 Å². The first-order valence-corrected chi connectivity index (χ1v) is 7.72. The summed E-state index contributed by atoms with van der Waals surface area (Å²) in [7, 11) is 2.88. The van der Waals surface area contributed by atoms with Crippen molar-refractivity contribution in [2.45, 2.75) is 6.54 Å². The molecule has 1 heterocycles. The third-order valence-corrected chi connectivity index (χ3v) is 3.73. The normalized spacial score (nSPS) is 10.6. The van der Waals surface area contributed by atoms with Crippen molar-refractivity contribution in [2.75, 3.05) is 19.5 Å². The van der Waals surface area contributed by atoms with E-state index in [0.717, 1.165) is 5.56 Å². The minimum atomic E-state index is -0.502. The number of rotatable bonds is 6. The average Bonchev–Trinajstić information content (AvgIpc) is 3.09. The van der Waals surface area contributed by atoms with Gasteiger partial charge >= 0.3 is 0 Å². The SMILES string of the molecule is COc1cc(OC)c(NCc2nc(-c3ccc(Cl)cc3)no2)cc1F. The highest BCUT2D eigenvalue weighted by Crippen LogP contribution is 2.32. The molecule has 6 nitrogen and oxygen atoms in total. The van der Waals surface area contributed by atoms with Crippen LogP contribution in [0.3, 0.4) is 0 Å². The Balaban J connectivity index is 1.74. The summed E-state index contributed by atoms with van der Waals surface area (Å²) in [5.74, 6) is 0.837. The zero-order valence-corrected chi connectivity index (χ0v) is 14.3. The number of halogens is 2. The molecule has 0 unspecified atom stereocenters. The second-order valence-corrected chi connectivity index (χ2v) is 5.50. The van der Waals surface area contributed by atoms with E-state index in [1.165, 1.54) is 26.4 Å². The van der Waals surface area contributed by atoms with E-state index >= 15 is 0 Å². The lowest BCUT2D eigenvalue weighted by Gasteiger charge is -2.12. The van der Waals surface area contributed by atoms with E-state index in [0.29, 0.717) is 28.2 Å². The molecular formula is C17H15ClFN3O3. The lowest BCUT2D eigenvalue weighted by atomic mass is 10.2. The van der Waals surface area contributed by atoms with Gasteiger partial charge in [0.1, 0.15) is 5.75 Å². The second kappa shape index (κ2) is 7.40. The number of anilines is 1. The molecule has 0 amide bonds. The maximum Gasteiger partial charge on any atom is 0.246 e. The van der Waals surface area contributed by atoms with Crippen LogP contribution in [0.2, 0.25) is 5.02 Å². The Morgan fingerprint density at radius 3 is 2.52 bits per heavy atom. The van der Waals surface area contributed by atoms with Crippen LogP contribution in [0.25, 0.3) is 11.4 Å². The molecule has 25 heavy (non-hydrogen) atoms. The monoisotopic (exact) mass is 363 g/mol. The summed E-state index contributed by atoms with van der Waals surface area (Å²) in [6, 6.07) is 9.84. The minimum Gasteiger partial charge on any atom is -0.494 e. The molecule has 0 spiro atoms. The number of nitrogens with zero attached hydrogens (tertiary/aromatic N) is 2. The predicted molar refractivity (Wildman–Crippen MR) is 91.6 cm³/mol. The highest BCUT2D eigenvalue weighted by Gasteiger charge is 2.13. The molecule has 3 aromatic rings. The van der Waals surface area contributed by atoms with Gasteiger partial charge in [-0.2, -0.15) is 4.98 Å². The van der Waals surface area contributed by atoms with Crippen LogP contribution in [-0.2, 0) is 6.54 Å². The molecule has 0 fully saturated rings. The quantitative estimate of drug-likeness (QED) is 0.709. The lowest BCUT2D eigenvalue weighted by molar-refractivity contribution is 0.373. The van der Waals surface area contributed by atoms with Gasteiger partial charge in [0.15, 0.2) is 11.6 Å².